The molecule has 0 spiro atoms. The van der Waals surface area contributed by atoms with Gasteiger partial charge in [0.25, 0.3) is 0 Å². The predicted octanol–water partition coefficient (Wildman–Crippen LogP) is 3.73. The zero-order valence-corrected chi connectivity index (χ0v) is 13.4. The lowest BCUT2D eigenvalue weighted by atomic mass is 9.99. The first-order valence-corrected chi connectivity index (χ1v) is 8.62. The Bertz CT molecular complexity index is 363. The number of nitrogens with one attached hydrogen (secondary N) is 1. The van der Waals surface area contributed by atoms with Crippen LogP contribution in [0, 0.1) is 0 Å². The van der Waals surface area contributed by atoms with E-state index in [0.29, 0.717) is 12.1 Å². The van der Waals surface area contributed by atoms with E-state index in [1.165, 1.54) is 50.5 Å². The van der Waals surface area contributed by atoms with E-state index < -0.39 is 0 Å². The minimum absolute atomic E-state index is 0.539. The molecule has 1 aromatic heterocycles. The van der Waals surface area contributed by atoms with E-state index in [1.54, 1.807) is 0 Å². The molecule has 1 aliphatic heterocycles. The highest BCUT2D eigenvalue weighted by molar-refractivity contribution is 5.09. The number of aromatic nitrogens is 1. The zero-order chi connectivity index (χ0) is 14.8. The van der Waals surface area contributed by atoms with Crippen molar-refractivity contribution in [3.05, 3.63) is 30.1 Å². The van der Waals surface area contributed by atoms with Gasteiger partial charge in [-0.3, -0.25) is 4.98 Å². The highest BCUT2D eigenvalue weighted by Gasteiger charge is 2.16. The second kappa shape index (κ2) is 9.91. The molecule has 1 aliphatic rings. The maximum atomic E-state index is 5.72. The lowest BCUT2D eigenvalue weighted by Gasteiger charge is -2.19. The van der Waals surface area contributed by atoms with Crippen LogP contribution in [0.1, 0.15) is 57.4 Å². The molecule has 0 bridgehead atoms. The average molecular weight is 290 g/mol. The molecular formula is C18H30N2O. The number of ether oxygens (including phenoxy) is 1. The van der Waals surface area contributed by atoms with E-state index in [1.807, 2.05) is 12.4 Å². The Morgan fingerprint density at radius 1 is 1.33 bits per heavy atom. The van der Waals surface area contributed by atoms with Gasteiger partial charge in [-0.25, -0.2) is 0 Å². The predicted molar refractivity (Wildman–Crippen MR) is 87.5 cm³/mol. The molecule has 0 radical (unpaired) electrons. The van der Waals surface area contributed by atoms with Gasteiger partial charge in [-0.15, -0.1) is 0 Å². The first-order chi connectivity index (χ1) is 10.4. The van der Waals surface area contributed by atoms with Crippen LogP contribution >= 0.6 is 0 Å². The van der Waals surface area contributed by atoms with Crippen LogP contribution in [0.15, 0.2) is 24.5 Å². The molecule has 0 amide bonds. The van der Waals surface area contributed by atoms with Crippen LogP contribution in [0.25, 0.3) is 0 Å². The number of pyridine rings is 1. The minimum atomic E-state index is 0.539. The molecule has 1 fully saturated rings. The quantitative estimate of drug-likeness (QED) is 0.713. The van der Waals surface area contributed by atoms with Crippen LogP contribution in [0.5, 0.6) is 0 Å². The lowest BCUT2D eigenvalue weighted by molar-refractivity contribution is 0.101. The van der Waals surface area contributed by atoms with E-state index in [-0.39, 0.29) is 0 Å². The van der Waals surface area contributed by atoms with E-state index >= 15 is 0 Å². The molecule has 118 valence electrons. The molecule has 2 heterocycles. The van der Waals surface area contributed by atoms with Crippen LogP contribution in [0.4, 0.5) is 0 Å². The maximum absolute atomic E-state index is 5.72. The van der Waals surface area contributed by atoms with Crippen LogP contribution in [0.2, 0.25) is 0 Å². The number of rotatable bonds is 10. The van der Waals surface area contributed by atoms with Crippen molar-refractivity contribution in [2.75, 3.05) is 13.2 Å². The third-order valence-corrected chi connectivity index (χ3v) is 4.32. The van der Waals surface area contributed by atoms with Gasteiger partial charge in [0.2, 0.25) is 0 Å². The van der Waals surface area contributed by atoms with E-state index in [0.717, 1.165) is 19.6 Å². The molecule has 0 aliphatic carbocycles. The van der Waals surface area contributed by atoms with Gasteiger partial charge in [-0.2, -0.15) is 0 Å². The Hall–Kier alpha value is -0.930. The summed E-state index contributed by atoms with van der Waals surface area (Å²) in [5.41, 5.74) is 1.40. The minimum Gasteiger partial charge on any atom is -0.378 e. The fourth-order valence-electron chi connectivity index (χ4n) is 3.05. The smallest absolute Gasteiger partial charge is 0.0576 e. The van der Waals surface area contributed by atoms with Crippen molar-refractivity contribution < 1.29 is 4.74 Å². The highest BCUT2D eigenvalue weighted by Crippen LogP contribution is 2.19. The van der Waals surface area contributed by atoms with Crippen LogP contribution in [0.3, 0.4) is 0 Å². The molecule has 3 nitrogen and oxygen atoms in total. The SMILES string of the molecule is CCCNC(CCCC1CCCO1)CCc1ccncc1. The first kappa shape index (κ1) is 16.4. The Kier molecular flexibility index (Phi) is 7.76. The zero-order valence-electron chi connectivity index (χ0n) is 13.4. The molecule has 1 N–H and O–H groups in total. The van der Waals surface area contributed by atoms with Crippen molar-refractivity contribution in [3.63, 3.8) is 0 Å². The molecular weight excluding hydrogens is 260 g/mol. The van der Waals surface area contributed by atoms with Gasteiger partial charge in [-0.05, 0) is 75.6 Å². The normalized spacial score (nSPS) is 19.8. The summed E-state index contributed by atoms with van der Waals surface area (Å²) >= 11 is 0. The van der Waals surface area contributed by atoms with Crippen molar-refractivity contribution in [1.29, 1.82) is 0 Å². The van der Waals surface area contributed by atoms with E-state index in [2.05, 4.69) is 29.4 Å². The Balaban J connectivity index is 1.68. The third-order valence-electron chi connectivity index (χ3n) is 4.32. The summed E-state index contributed by atoms with van der Waals surface area (Å²) in [6, 6.07) is 4.89. The second-order valence-electron chi connectivity index (χ2n) is 6.11. The molecule has 1 aromatic rings. The van der Waals surface area contributed by atoms with Crippen molar-refractivity contribution in [2.45, 2.75) is 70.4 Å². The summed E-state index contributed by atoms with van der Waals surface area (Å²) in [6.07, 6.45) is 14.2. The molecule has 0 saturated carbocycles. The highest BCUT2D eigenvalue weighted by atomic mass is 16.5. The number of hydrogen-bond donors (Lipinski definition) is 1. The standard InChI is InChI=1S/C18H30N2O/c1-2-12-20-17(5-3-6-18-7-4-15-21-18)9-8-16-10-13-19-14-11-16/h10-11,13-14,17-18,20H,2-9,12,15H2,1H3. The maximum Gasteiger partial charge on any atom is 0.0576 e. The fraction of sp³-hybridized carbons (Fsp3) is 0.722. The molecule has 1 saturated heterocycles. The van der Waals surface area contributed by atoms with Gasteiger partial charge < -0.3 is 10.1 Å². The summed E-state index contributed by atoms with van der Waals surface area (Å²) in [5.74, 6) is 0. The van der Waals surface area contributed by atoms with Gasteiger partial charge in [0.15, 0.2) is 0 Å². The van der Waals surface area contributed by atoms with Crippen molar-refractivity contribution >= 4 is 0 Å². The Morgan fingerprint density at radius 2 is 2.19 bits per heavy atom. The van der Waals surface area contributed by atoms with Gasteiger partial charge >= 0.3 is 0 Å². The molecule has 2 atom stereocenters. The van der Waals surface area contributed by atoms with Gasteiger partial charge in [0.05, 0.1) is 6.10 Å². The Labute approximate surface area is 129 Å². The summed E-state index contributed by atoms with van der Waals surface area (Å²) < 4.78 is 5.72. The molecule has 2 rings (SSSR count). The van der Waals surface area contributed by atoms with E-state index in [9.17, 15) is 0 Å². The summed E-state index contributed by atoms with van der Waals surface area (Å²) in [4.78, 5) is 4.09. The molecule has 2 unspecified atom stereocenters. The van der Waals surface area contributed by atoms with Crippen molar-refractivity contribution in [2.24, 2.45) is 0 Å². The molecule has 3 heteroatoms. The number of nitrogens with zero attached hydrogens (tertiary/aromatic N) is 1. The topological polar surface area (TPSA) is 34.1 Å². The summed E-state index contributed by atoms with van der Waals surface area (Å²) in [7, 11) is 0. The van der Waals surface area contributed by atoms with Crippen molar-refractivity contribution in [1.82, 2.24) is 10.3 Å². The summed E-state index contributed by atoms with van der Waals surface area (Å²) in [5, 5.41) is 3.71. The lowest BCUT2D eigenvalue weighted by Crippen LogP contribution is -2.30. The van der Waals surface area contributed by atoms with Crippen LogP contribution in [-0.4, -0.2) is 30.3 Å². The number of aryl methyl sites for hydroxylation is 1. The first-order valence-electron chi connectivity index (χ1n) is 8.62. The van der Waals surface area contributed by atoms with Crippen LogP contribution in [-0.2, 0) is 11.2 Å². The third kappa shape index (κ3) is 6.58. The van der Waals surface area contributed by atoms with Gasteiger partial charge in [-0.1, -0.05) is 6.92 Å². The number of hydrogen-bond acceptors (Lipinski definition) is 3. The van der Waals surface area contributed by atoms with Gasteiger partial charge in [0.1, 0.15) is 0 Å². The van der Waals surface area contributed by atoms with E-state index in [4.69, 9.17) is 4.74 Å². The largest absolute Gasteiger partial charge is 0.378 e. The summed E-state index contributed by atoms with van der Waals surface area (Å²) in [6.45, 7) is 4.34. The van der Waals surface area contributed by atoms with Crippen LogP contribution < -0.4 is 5.32 Å². The second-order valence-corrected chi connectivity index (χ2v) is 6.11. The molecule has 21 heavy (non-hydrogen) atoms. The van der Waals surface area contributed by atoms with Gasteiger partial charge in [0, 0.05) is 25.0 Å². The monoisotopic (exact) mass is 290 g/mol. The fourth-order valence-corrected chi connectivity index (χ4v) is 3.05. The Morgan fingerprint density at radius 3 is 2.90 bits per heavy atom. The molecule has 0 aromatic carbocycles. The van der Waals surface area contributed by atoms with Crippen molar-refractivity contribution in [3.8, 4) is 0 Å². The average Bonchev–Trinajstić information content (AvgIpc) is 3.04.